The molecule has 1 aromatic rings. The normalized spacial score (nSPS) is 10.6. The molecule has 0 atom stereocenters. The van der Waals surface area contributed by atoms with E-state index in [0.717, 1.165) is 18.2 Å². The highest BCUT2D eigenvalue weighted by Gasteiger charge is 2.09. The molecule has 0 saturated carbocycles. The monoisotopic (exact) mass is 234 g/mol. The van der Waals surface area contributed by atoms with Gasteiger partial charge in [-0.2, -0.15) is 9.63 Å². The van der Waals surface area contributed by atoms with Crippen molar-refractivity contribution in [2.45, 2.75) is 0 Å². The van der Waals surface area contributed by atoms with Gasteiger partial charge >= 0.3 is 5.97 Å². The predicted octanol–water partition coefficient (Wildman–Crippen LogP) is 2.00. The van der Waals surface area contributed by atoms with Gasteiger partial charge in [-0.15, -0.1) is 0 Å². The van der Waals surface area contributed by atoms with Gasteiger partial charge < -0.3 is 5.11 Å². The quantitative estimate of drug-likeness (QED) is 0.494. The van der Waals surface area contributed by atoms with Crippen molar-refractivity contribution in [2.75, 3.05) is 4.53 Å². The number of rotatable bonds is 3. The Morgan fingerprint density at radius 2 is 2.20 bits per heavy atom. The second-order valence-electron chi connectivity index (χ2n) is 2.44. The lowest BCUT2D eigenvalue weighted by molar-refractivity contribution is -0.128. The summed E-state index contributed by atoms with van der Waals surface area (Å²) in [5.74, 6) is -2.87. The van der Waals surface area contributed by atoms with E-state index in [0.29, 0.717) is 10.7 Å². The second-order valence-corrected chi connectivity index (χ2v) is 2.76. The van der Waals surface area contributed by atoms with Crippen LogP contribution in [-0.4, -0.2) is 17.3 Å². The van der Waals surface area contributed by atoms with Crippen molar-refractivity contribution in [3.63, 3.8) is 0 Å². The van der Waals surface area contributed by atoms with E-state index < -0.39 is 17.6 Å². The lowest BCUT2D eigenvalue weighted by Gasteiger charge is -2.09. The molecule has 0 spiro atoms. The van der Waals surface area contributed by atoms with Crippen LogP contribution in [0.5, 0.6) is 0 Å². The Balaban J connectivity index is 2.95. The maximum atomic E-state index is 13.0. The number of hydrazone groups is 1. The zero-order chi connectivity index (χ0) is 11.4. The minimum absolute atomic E-state index is 0.367. The third-order valence-electron chi connectivity index (χ3n) is 1.38. The smallest absolute Gasteiger partial charge is 0.348 e. The van der Waals surface area contributed by atoms with Gasteiger partial charge in [0.05, 0.1) is 0 Å². The molecule has 0 heterocycles. The van der Waals surface area contributed by atoms with Crippen molar-refractivity contribution in [3.8, 4) is 0 Å². The fourth-order valence-electron chi connectivity index (χ4n) is 0.789. The number of carboxylic acid groups (broad SMARTS) is 1. The summed E-state index contributed by atoms with van der Waals surface area (Å²) >= 11 is 5.39. The van der Waals surface area contributed by atoms with Gasteiger partial charge in [-0.1, -0.05) is 0 Å². The van der Waals surface area contributed by atoms with Crippen molar-refractivity contribution in [1.29, 1.82) is 0 Å². The number of hydrogen-bond acceptors (Lipinski definition) is 3. The number of carbonyl (C=O) groups is 1. The third kappa shape index (κ3) is 3.17. The first kappa shape index (κ1) is 11.4. The van der Waals surface area contributed by atoms with Crippen LogP contribution in [0.15, 0.2) is 23.3 Å². The molecule has 80 valence electrons. The van der Waals surface area contributed by atoms with E-state index in [1.54, 1.807) is 0 Å². The van der Waals surface area contributed by atoms with E-state index in [-0.39, 0.29) is 5.69 Å². The lowest BCUT2D eigenvalue weighted by Crippen LogP contribution is -2.07. The van der Waals surface area contributed by atoms with Gasteiger partial charge in [0, 0.05) is 17.8 Å². The topological polar surface area (TPSA) is 52.9 Å². The third-order valence-corrected chi connectivity index (χ3v) is 1.65. The Hall–Kier alpha value is -1.69. The van der Waals surface area contributed by atoms with Gasteiger partial charge in [-0.3, -0.25) is 0 Å². The maximum absolute atomic E-state index is 13.0. The van der Waals surface area contributed by atoms with E-state index in [4.69, 9.17) is 16.9 Å². The molecule has 15 heavy (non-hydrogen) atoms. The van der Waals surface area contributed by atoms with Gasteiger partial charge in [0.2, 0.25) is 0 Å². The standard InChI is InChI=1S/C8H5ClF2N2O2/c9-13(12-4-8(14)15)7-3-5(10)1-2-6(7)11/h1-4H,(H,14,15)/b12-4-. The van der Waals surface area contributed by atoms with Gasteiger partial charge in [-0.05, 0) is 12.1 Å². The van der Waals surface area contributed by atoms with Crippen molar-refractivity contribution in [1.82, 2.24) is 0 Å². The molecule has 1 rings (SSSR count). The molecule has 0 radical (unpaired) electrons. The highest BCUT2D eigenvalue weighted by atomic mass is 35.5. The average Bonchev–Trinajstić information content (AvgIpc) is 2.18. The summed E-state index contributed by atoms with van der Waals surface area (Å²) in [4.78, 5) is 10.1. The molecule has 1 aromatic carbocycles. The number of halogens is 3. The van der Waals surface area contributed by atoms with E-state index in [1.165, 1.54) is 0 Å². The van der Waals surface area contributed by atoms with E-state index in [2.05, 4.69) is 5.10 Å². The van der Waals surface area contributed by atoms with Crippen LogP contribution in [0.25, 0.3) is 0 Å². The predicted molar refractivity (Wildman–Crippen MR) is 50.8 cm³/mol. The summed E-state index contributed by atoms with van der Waals surface area (Å²) in [6.45, 7) is 0. The molecule has 0 amide bonds. The Labute approximate surface area is 88.5 Å². The van der Waals surface area contributed by atoms with E-state index in [9.17, 15) is 13.6 Å². The van der Waals surface area contributed by atoms with Crippen molar-refractivity contribution in [3.05, 3.63) is 29.8 Å². The lowest BCUT2D eigenvalue weighted by atomic mass is 10.3. The molecule has 0 aliphatic heterocycles. The number of nitrogens with zero attached hydrogens (tertiary/aromatic N) is 2. The first-order valence-electron chi connectivity index (χ1n) is 3.68. The van der Waals surface area contributed by atoms with E-state index in [1.807, 2.05) is 0 Å². The van der Waals surface area contributed by atoms with Gasteiger partial charge in [0.1, 0.15) is 23.5 Å². The Kier molecular flexibility index (Phi) is 3.56. The van der Waals surface area contributed by atoms with Crippen molar-refractivity contribution >= 4 is 29.6 Å². The van der Waals surface area contributed by atoms with Crippen LogP contribution in [0.2, 0.25) is 0 Å². The zero-order valence-electron chi connectivity index (χ0n) is 7.19. The Morgan fingerprint density at radius 1 is 1.53 bits per heavy atom. The number of hydrogen-bond donors (Lipinski definition) is 1. The summed E-state index contributed by atoms with van der Waals surface area (Å²) < 4.78 is 26.1. The van der Waals surface area contributed by atoms with Crippen LogP contribution in [0, 0.1) is 11.6 Å². The molecule has 0 aliphatic carbocycles. The van der Waals surface area contributed by atoms with Crippen LogP contribution in [0.3, 0.4) is 0 Å². The number of aliphatic carboxylic acids is 1. The molecule has 0 aliphatic rings. The van der Waals surface area contributed by atoms with Gasteiger partial charge in [0.25, 0.3) is 0 Å². The summed E-state index contributed by atoms with van der Waals surface area (Å²) in [6.07, 6.45) is 0.456. The molecule has 1 N–H and O–H groups in total. The van der Waals surface area contributed by atoms with Crippen molar-refractivity contribution in [2.24, 2.45) is 5.10 Å². The molecule has 0 aromatic heterocycles. The first-order valence-corrected chi connectivity index (χ1v) is 4.02. The van der Waals surface area contributed by atoms with Gasteiger partial charge in [0.15, 0.2) is 0 Å². The van der Waals surface area contributed by atoms with E-state index >= 15 is 0 Å². The Bertz CT molecular complexity index is 412. The van der Waals surface area contributed by atoms with Crippen LogP contribution in [-0.2, 0) is 4.79 Å². The minimum Gasteiger partial charge on any atom is -0.477 e. The van der Waals surface area contributed by atoms with Crippen LogP contribution >= 0.6 is 11.8 Å². The highest BCUT2D eigenvalue weighted by molar-refractivity contribution is 6.28. The SMILES string of the molecule is O=C(O)/C=N\N(Cl)c1cc(F)ccc1F. The van der Waals surface area contributed by atoms with Crippen LogP contribution in [0.1, 0.15) is 0 Å². The van der Waals surface area contributed by atoms with Crippen LogP contribution < -0.4 is 4.53 Å². The molecular weight excluding hydrogens is 230 g/mol. The highest BCUT2D eigenvalue weighted by Crippen LogP contribution is 2.22. The molecule has 0 bridgehead atoms. The zero-order valence-corrected chi connectivity index (χ0v) is 7.95. The molecular formula is C8H5ClF2N2O2. The summed E-state index contributed by atoms with van der Waals surface area (Å²) in [5.41, 5.74) is -0.367. The fraction of sp³-hybridized carbons (Fsp3) is 0. The summed E-state index contributed by atoms with van der Waals surface area (Å²) in [6, 6.07) is 2.56. The first-order chi connectivity index (χ1) is 7.00. The number of anilines is 1. The minimum atomic E-state index is -1.35. The molecule has 0 saturated heterocycles. The summed E-state index contributed by atoms with van der Waals surface area (Å²) in [5, 5.41) is 11.4. The molecule has 4 nitrogen and oxygen atoms in total. The molecule has 0 fully saturated rings. The number of carboxylic acids is 1. The molecule has 0 unspecified atom stereocenters. The van der Waals surface area contributed by atoms with Crippen LogP contribution in [0.4, 0.5) is 14.5 Å². The second kappa shape index (κ2) is 4.70. The molecule has 7 heteroatoms. The maximum Gasteiger partial charge on any atom is 0.348 e. The fourth-order valence-corrected chi connectivity index (χ4v) is 0.963. The van der Waals surface area contributed by atoms with Gasteiger partial charge in [-0.25, -0.2) is 13.6 Å². The Morgan fingerprint density at radius 3 is 2.80 bits per heavy atom. The number of benzene rings is 1. The average molecular weight is 235 g/mol. The largest absolute Gasteiger partial charge is 0.477 e. The summed E-state index contributed by atoms with van der Waals surface area (Å²) in [7, 11) is 0. The van der Waals surface area contributed by atoms with Crippen molar-refractivity contribution < 1.29 is 18.7 Å².